The van der Waals surface area contributed by atoms with Crippen LogP contribution in [0, 0.1) is 17.2 Å². The van der Waals surface area contributed by atoms with Crippen LogP contribution in [0.1, 0.15) is 32.8 Å². The number of fused-ring (bicyclic) bond motifs is 1. The van der Waals surface area contributed by atoms with Crippen molar-refractivity contribution in [2.24, 2.45) is 5.92 Å². The van der Waals surface area contributed by atoms with Gasteiger partial charge in [0.25, 0.3) is 0 Å². The van der Waals surface area contributed by atoms with Crippen LogP contribution in [0.25, 0.3) is 11.0 Å². The van der Waals surface area contributed by atoms with Gasteiger partial charge in [0.15, 0.2) is 0 Å². The molecule has 1 saturated heterocycles. The van der Waals surface area contributed by atoms with Crippen molar-refractivity contribution in [2.75, 3.05) is 24.6 Å². The van der Waals surface area contributed by atoms with E-state index < -0.39 is 0 Å². The van der Waals surface area contributed by atoms with Gasteiger partial charge in [-0.1, -0.05) is 6.92 Å². The zero-order valence-electron chi connectivity index (χ0n) is 15.0. The second kappa shape index (κ2) is 6.95. The maximum Gasteiger partial charge on any atom is 0.113 e. The zero-order chi connectivity index (χ0) is 18.0. The largest absolute Gasteiger partial charge is 0.394 e. The second-order valence-corrected chi connectivity index (χ2v) is 7.63. The number of aliphatic hydroxyl groups is 1. The van der Waals surface area contributed by atoms with Gasteiger partial charge in [-0.15, -0.1) is 0 Å². The Balaban J connectivity index is 1.93. The van der Waals surface area contributed by atoms with E-state index in [0.29, 0.717) is 17.0 Å². The van der Waals surface area contributed by atoms with Crippen LogP contribution < -0.4 is 10.2 Å². The smallest absolute Gasteiger partial charge is 0.113 e. The number of piperidine rings is 1. The molecule has 1 aromatic heterocycles. The monoisotopic (exact) mass is 339 g/mol. The highest BCUT2D eigenvalue weighted by Gasteiger charge is 2.30. The van der Waals surface area contributed by atoms with Crippen LogP contribution in [0.5, 0.6) is 0 Å². The van der Waals surface area contributed by atoms with Gasteiger partial charge in [0.2, 0.25) is 0 Å². The van der Waals surface area contributed by atoms with Gasteiger partial charge in [0.1, 0.15) is 17.1 Å². The maximum atomic E-state index is 9.55. The summed E-state index contributed by atoms with van der Waals surface area (Å²) in [5, 5.41) is 22.4. The number of hydrogen-bond acceptors (Lipinski definition) is 6. The van der Waals surface area contributed by atoms with E-state index in [9.17, 15) is 10.4 Å². The van der Waals surface area contributed by atoms with Crippen LogP contribution in [-0.2, 0) is 0 Å². The molecule has 0 spiro atoms. The van der Waals surface area contributed by atoms with Crippen molar-refractivity contribution in [3.63, 3.8) is 0 Å². The Bertz CT molecular complexity index is 798. The third-order valence-electron chi connectivity index (χ3n) is 4.71. The highest BCUT2D eigenvalue weighted by atomic mass is 16.3. The lowest BCUT2D eigenvalue weighted by Crippen LogP contribution is -2.56. The van der Waals surface area contributed by atoms with E-state index in [2.05, 4.69) is 33.2 Å². The fraction of sp³-hybridized carbons (Fsp3) is 0.526. The molecular formula is C19H25N5O. The number of benzene rings is 1. The van der Waals surface area contributed by atoms with Crippen molar-refractivity contribution in [2.45, 2.75) is 38.8 Å². The molecule has 2 heterocycles. The third-order valence-corrected chi connectivity index (χ3v) is 4.71. The molecule has 1 aliphatic rings. The summed E-state index contributed by atoms with van der Waals surface area (Å²) in [6.07, 6.45) is 4.37. The summed E-state index contributed by atoms with van der Waals surface area (Å²) in [6, 6.07) is 6.28. The van der Waals surface area contributed by atoms with E-state index >= 15 is 0 Å². The van der Waals surface area contributed by atoms with Crippen molar-refractivity contribution in [3.8, 4) is 6.07 Å². The molecule has 1 aromatic carbocycles. The fourth-order valence-corrected chi connectivity index (χ4v) is 3.64. The van der Waals surface area contributed by atoms with Crippen LogP contribution in [0.15, 0.2) is 24.5 Å². The minimum Gasteiger partial charge on any atom is -0.394 e. The molecule has 2 aromatic rings. The van der Waals surface area contributed by atoms with Gasteiger partial charge in [-0.25, -0.2) is 0 Å². The van der Waals surface area contributed by atoms with E-state index in [1.165, 1.54) is 0 Å². The summed E-state index contributed by atoms with van der Waals surface area (Å²) in [6.45, 7) is 8.15. The summed E-state index contributed by atoms with van der Waals surface area (Å²) < 4.78 is 0. The first-order valence-corrected chi connectivity index (χ1v) is 8.71. The third kappa shape index (κ3) is 3.73. The quantitative estimate of drug-likeness (QED) is 0.887. The normalized spacial score (nSPS) is 21.3. The van der Waals surface area contributed by atoms with Crippen LogP contribution >= 0.6 is 0 Å². The van der Waals surface area contributed by atoms with Crippen LogP contribution in [0.3, 0.4) is 0 Å². The molecule has 25 heavy (non-hydrogen) atoms. The molecule has 0 aliphatic carbocycles. The van der Waals surface area contributed by atoms with Gasteiger partial charge in [0, 0.05) is 37.1 Å². The van der Waals surface area contributed by atoms with E-state index in [1.807, 2.05) is 26.0 Å². The Hall–Kier alpha value is -2.23. The van der Waals surface area contributed by atoms with Crippen molar-refractivity contribution in [1.29, 1.82) is 5.26 Å². The predicted molar refractivity (Wildman–Crippen MR) is 98.3 cm³/mol. The van der Waals surface area contributed by atoms with E-state index in [-0.39, 0.29) is 18.2 Å². The summed E-state index contributed by atoms with van der Waals surface area (Å²) in [5.74, 6) is 0.517. The predicted octanol–water partition coefficient (Wildman–Crippen LogP) is 2.08. The van der Waals surface area contributed by atoms with Gasteiger partial charge in [0.05, 0.1) is 17.9 Å². The molecule has 0 saturated carbocycles. The Kier molecular flexibility index (Phi) is 4.89. The lowest BCUT2D eigenvalue weighted by molar-refractivity contribution is 0.164. The van der Waals surface area contributed by atoms with Gasteiger partial charge >= 0.3 is 0 Å². The number of rotatable bonds is 4. The molecule has 1 aliphatic heterocycles. The second-order valence-electron chi connectivity index (χ2n) is 7.63. The highest BCUT2D eigenvalue weighted by Crippen LogP contribution is 2.30. The fourth-order valence-electron chi connectivity index (χ4n) is 3.64. The van der Waals surface area contributed by atoms with Gasteiger partial charge in [-0.05, 0) is 38.3 Å². The van der Waals surface area contributed by atoms with Gasteiger partial charge in [-0.2, -0.15) is 5.26 Å². The molecule has 3 rings (SSSR count). The molecule has 2 atom stereocenters. The highest BCUT2D eigenvalue weighted by molar-refractivity contribution is 5.92. The van der Waals surface area contributed by atoms with Crippen LogP contribution in [0.2, 0.25) is 0 Å². The number of aliphatic hydroxyl groups excluding tert-OH is 1. The van der Waals surface area contributed by atoms with Crippen molar-refractivity contribution in [1.82, 2.24) is 15.3 Å². The number of nitrogens with zero attached hydrogens (tertiary/aromatic N) is 4. The number of anilines is 1. The number of nitrogens with one attached hydrogen (secondary N) is 1. The summed E-state index contributed by atoms with van der Waals surface area (Å²) >= 11 is 0. The molecular weight excluding hydrogens is 314 g/mol. The minimum atomic E-state index is -0.306. The summed E-state index contributed by atoms with van der Waals surface area (Å²) in [5.41, 5.74) is 2.69. The lowest BCUT2D eigenvalue weighted by atomic mass is 9.93. The number of nitriles is 1. The van der Waals surface area contributed by atoms with Crippen LogP contribution in [0.4, 0.5) is 5.69 Å². The molecule has 6 heteroatoms. The number of hydrogen-bond donors (Lipinski definition) is 2. The zero-order valence-corrected chi connectivity index (χ0v) is 15.0. The summed E-state index contributed by atoms with van der Waals surface area (Å²) in [7, 11) is 0. The Labute approximate surface area is 148 Å². The minimum absolute atomic E-state index is 0.100. The topological polar surface area (TPSA) is 85.1 Å². The molecule has 0 unspecified atom stereocenters. The summed E-state index contributed by atoms with van der Waals surface area (Å²) in [4.78, 5) is 11.2. The molecule has 0 bridgehead atoms. The van der Waals surface area contributed by atoms with Gasteiger partial charge < -0.3 is 15.3 Å². The lowest BCUT2D eigenvalue weighted by Gasteiger charge is -2.41. The standard InChI is InChI=1S/C19H25N5O/c1-13-8-15(23-19(2,3)12-25)11-24(10-13)16-5-4-14(9-20)17-18(16)22-7-6-21-17/h4-7,13,15,23,25H,8,10-12H2,1-3H3/t13-,15-/m1/s1. The SMILES string of the molecule is C[C@@H]1C[C@@H](NC(C)(C)CO)CN(c2ccc(C#N)c3nccnc23)C1. The first kappa shape index (κ1) is 17.6. The molecule has 2 N–H and O–H groups in total. The Morgan fingerprint density at radius 2 is 2.00 bits per heavy atom. The number of aromatic nitrogens is 2. The van der Waals surface area contributed by atoms with Crippen LogP contribution in [-0.4, -0.2) is 46.4 Å². The average molecular weight is 339 g/mol. The van der Waals surface area contributed by atoms with E-state index in [4.69, 9.17) is 0 Å². The van der Waals surface area contributed by atoms with E-state index in [1.54, 1.807) is 12.4 Å². The van der Waals surface area contributed by atoms with Gasteiger partial charge in [-0.3, -0.25) is 9.97 Å². The Morgan fingerprint density at radius 1 is 1.28 bits per heavy atom. The molecule has 0 amide bonds. The maximum absolute atomic E-state index is 9.55. The van der Waals surface area contributed by atoms with Crippen molar-refractivity contribution in [3.05, 3.63) is 30.1 Å². The van der Waals surface area contributed by atoms with Crippen molar-refractivity contribution < 1.29 is 5.11 Å². The average Bonchev–Trinajstić information content (AvgIpc) is 2.59. The first-order chi connectivity index (χ1) is 11.9. The van der Waals surface area contributed by atoms with Crippen molar-refractivity contribution >= 4 is 16.7 Å². The molecule has 1 fully saturated rings. The molecule has 6 nitrogen and oxygen atoms in total. The molecule has 132 valence electrons. The first-order valence-electron chi connectivity index (χ1n) is 8.71. The molecule has 0 radical (unpaired) electrons. The Morgan fingerprint density at radius 3 is 2.68 bits per heavy atom. The van der Waals surface area contributed by atoms with E-state index in [0.717, 1.165) is 30.7 Å².